The van der Waals surface area contributed by atoms with Gasteiger partial charge in [0.15, 0.2) is 0 Å². The molecule has 2 aliphatic heterocycles. The summed E-state index contributed by atoms with van der Waals surface area (Å²) in [5.41, 5.74) is 0. The molecular weight excluding hydrogens is 334 g/mol. The van der Waals surface area contributed by atoms with Crippen molar-refractivity contribution in [3.63, 3.8) is 0 Å². The van der Waals surface area contributed by atoms with Gasteiger partial charge < -0.3 is 14.2 Å². The number of fused-ring (bicyclic) bond motifs is 2. The van der Waals surface area contributed by atoms with Gasteiger partial charge in [-0.25, -0.2) is 5.06 Å². The van der Waals surface area contributed by atoms with Crippen LogP contribution in [0, 0.1) is 11.8 Å². The molecule has 0 aromatic heterocycles. The van der Waals surface area contributed by atoms with Gasteiger partial charge in [0.05, 0.1) is 18.8 Å². The van der Waals surface area contributed by atoms with Crippen LogP contribution in [0.3, 0.4) is 0 Å². The Morgan fingerprint density at radius 1 is 1.19 bits per heavy atom. The lowest BCUT2D eigenvalue weighted by atomic mass is 9.78. The third kappa shape index (κ3) is 4.96. The number of rotatable bonds is 10. The average molecular weight is 363 g/mol. The number of nitrogens with zero attached hydrogens (tertiary/aromatic N) is 1. The van der Waals surface area contributed by atoms with Gasteiger partial charge in [0, 0.05) is 32.6 Å². The lowest BCUT2D eigenvalue weighted by Crippen LogP contribution is -2.32. The van der Waals surface area contributed by atoms with Crippen molar-refractivity contribution in [3.8, 4) is 5.75 Å². The van der Waals surface area contributed by atoms with E-state index in [1.165, 1.54) is 7.05 Å². The first kappa shape index (κ1) is 19.1. The Morgan fingerprint density at radius 2 is 1.92 bits per heavy atom. The van der Waals surface area contributed by atoms with Gasteiger partial charge in [-0.15, -0.1) is 0 Å². The van der Waals surface area contributed by atoms with Crippen LogP contribution in [0.2, 0.25) is 0 Å². The van der Waals surface area contributed by atoms with Crippen LogP contribution in [-0.2, 0) is 14.3 Å². The molecule has 2 fully saturated rings. The van der Waals surface area contributed by atoms with Crippen molar-refractivity contribution >= 4 is 5.91 Å². The predicted molar refractivity (Wildman–Crippen MR) is 96.0 cm³/mol. The summed E-state index contributed by atoms with van der Waals surface area (Å²) >= 11 is 0. The molecule has 4 atom stereocenters. The number of amides is 1. The molecule has 6 nitrogen and oxygen atoms in total. The summed E-state index contributed by atoms with van der Waals surface area (Å²) in [6.07, 6.45) is 4.78. The summed E-state index contributed by atoms with van der Waals surface area (Å²) in [7, 11) is 1.34. The maximum Gasteiger partial charge on any atom is 0.245 e. The quantitative estimate of drug-likeness (QED) is 0.393. The highest BCUT2D eigenvalue weighted by Crippen LogP contribution is 2.45. The monoisotopic (exact) mass is 363 g/mol. The van der Waals surface area contributed by atoms with Crippen molar-refractivity contribution in [1.82, 2.24) is 5.06 Å². The highest BCUT2D eigenvalue weighted by molar-refractivity contribution is 5.74. The Hall–Kier alpha value is -1.63. The number of carbonyl (C=O) groups is 1. The molecule has 0 unspecified atom stereocenters. The van der Waals surface area contributed by atoms with E-state index in [0.717, 1.165) is 25.0 Å². The predicted octanol–water partition coefficient (Wildman–Crippen LogP) is 2.89. The zero-order valence-corrected chi connectivity index (χ0v) is 15.4. The van der Waals surface area contributed by atoms with Crippen molar-refractivity contribution in [3.05, 3.63) is 30.3 Å². The minimum Gasteiger partial charge on any atom is -0.493 e. The molecule has 6 heteroatoms. The topological polar surface area (TPSA) is 68.2 Å². The van der Waals surface area contributed by atoms with Gasteiger partial charge in [0.1, 0.15) is 5.75 Å². The molecule has 26 heavy (non-hydrogen) atoms. The van der Waals surface area contributed by atoms with E-state index in [4.69, 9.17) is 19.4 Å². The first-order valence-corrected chi connectivity index (χ1v) is 9.51. The fourth-order valence-corrected chi connectivity index (χ4v) is 4.02. The summed E-state index contributed by atoms with van der Waals surface area (Å²) in [4.78, 5) is 11.3. The van der Waals surface area contributed by atoms with E-state index in [-0.39, 0.29) is 5.91 Å². The second-order valence-corrected chi connectivity index (χ2v) is 7.16. The summed E-state index contributed by atoms with van der Waals surface area (Å²) < 4.78 is 17.8. The molecule has 2 aliphatic rings. The Labute approximate surface area is 155 Å². The van der Waals surface area contributed by atoms with Crippen molar-refractivity contribution in [2.45, 2.75) is 44.3 Å². The summed E-state index contributed by atoms with van der Waals surface area (Å²) in [5, 5.41) is 9.64. The SMILES string of the molecule is CN(O)C(=O)CCCOCC[C@H]1[C@@H](COc2ccccc2)[C@H]2CC[C@@H]1O2. The van der Waals surface area contributed by atoms with Gasteiger partial charge in [-0.05, 0) is 43.7 Å². The van der Waals surface area contributed by atoms with Crippen LogP contribution in [0.4, 0.5) is 0 Å². The lowest BCUT2D eigenvalue weighted by Gasteiger charge is -2.28. The van der Waals surface area contributed by atoms with Gasteiger partial charge >= 0.3 is 0 Å². The fraction of sp³-hybridized carbons (Fsp3) is 0.650. The van der Waals surface area contributed by atoms with Crippen LogP contribution in [0.5, 0.6) is 5.75 Å². The van der Waals surface area contributed by atoms with E-state index in [0.29, 0.717) is 61.8 Å². The zero-order chi connectivity index (χ0) is 18.4. The second-order valence-electron chi connectivity index (χ2n) is 7.16. The third-order valence-electron chi connectivity index (χ3n) is 5.41. The third-order valence-corrected chi connectivity index (χ3v) is 5.41. The van der Waals surface area contributed by atoms with Crippen LogP contribution in [0.15, 0.2) is 30.3 Å². The van der Waals surface area contributed by atoms with Gasteiger partial charge in [-0.1, -0.05) is 18.2 Å². The van der Waals surface area contributed by atoms with Gasteiger partial charge in [-0.3, -0.25) is 10.0 Å². The standard InChI is InChI=1S/C20H29NO5/c1-21(23)20(22)8-5-12-24-13-11-16-17(19-10-9-18(16)26-19)14-25-15-6-3-2-4-7-15/h2-4,6-7,16-19,23H,5,8-14H2,1H3/t16-,17+,18-,19+/m0/s1. The number of hydroxylamine groups is 2. The first-order valence-electron chi connectivity index (χ1n) is 9.51. The molecule has 0 radical (unpaired) electrons. The number of carbonyl (C=O) groups excluding carboxylic acids is 1. The molecule has 0 aliphatic carbocycles. The molecule has 1 aromatic carbocycles. The largest absolute Gasteiger partial charge is 0.493 e. The first-order chi connectivity index (χ1) is 12.6. The molecule has 0 saturated carbocycles. The van der Waals surface area contributed by atoms with Crippen molar-refractivity contribution in [2.75, 3.05) is 26.9 Å². The van der Waals surface area contributed by atoms with E-state index in [9.17, 15) is 4.79 Å². The molecule has 1 amide bonds. The van der Waals surface area contributed by atoms with Gasteiger partial charge in [0.25, 0.3) is 0 Å². The van der Waals surface area contributed by atoms with Crippen LogP contribution < -0.4 is 4.74 Å². The Kier molecular flexibility index (Phi) is 6.88. The fourth-order valence-electron chi connectivity index (χ4n) is 4.02. The maximum atomic E-state index is 11.3. The molecule has 3 rings (SSSR count). The van der Waals surface area contributed by atoms with E-state index in [1.807, 2.05) is 30.3 Å². The van der Waals surface area contributed by atoms with Crippen molar-refractivity contribution in [2.24, 2.45) is 11.8 Å². The van der Waals surface area contributed by atoms with Gasteiger partial charge in [0.2, 0.25) is 5.91 Å². The molecule has 2 bridgehead atoms. The molecule has 144 valence electrons. The van der Waals surface area contributed by atoms with Crippen molar-refractivity contribution in [1.29, 1.82) is 0 Å². The van der Waals surface area contributed by atoms with E-state index >= 15 is 0 Å². The van der Waals surface area contributed by atoms with E-state index in [1.54, 1.807) is 0 Å². The zero-order valence-electron chi connectivity index (χ0n) is 15.4. The van der Waals surface area contributed by atoms with Crippen LogP contribution in [0.25, 0.3) is 0 Å². The number of hydrogen-bond donors (Lipinski definition) is 1. The molecule has 1 N–H and O–H groups in total. The Bertz CT molecular complexity index is 565. The van der Waals surface area contributed by atoms with Crippen LogP contribution in [-0.4, -0.2) is 55.3 Å². The lowest BCUT2D eigenvalue weighted by molar-refractivity contribution is -0.159. The summed E-state index contributed by atoms with van der Waals surface area (Å²) in [5.74, 6) is 1.52. The Morgan fingerprint density at radius 3 is 2.65 bits per heavy atom. The number of para-hydroxylation sites is 1. The van der Waals surface area contributed by atoms with E-state index in [2.05, 4.69) is 0 Å². The van der Waals surface area contributed by atoms with Crippen molar-refractivity contribution < 1.29 is 24.2 Å². The molecule has 2 saturated heterocycles. The normalized spacial score (nSPS) is 26.8. The van der Waals surface area contributed by atoms with Crippen LogP contribution >= 0.6 is 0 Å². The van der Waals surface area contributed by atoms with Crippen LogP contribution in [0.1, 0.15) is 32.1 Å². The smallest absolute Gasteiger partial charge is 0.245 e. The average Bonchev–Trinajstić information content (AvgIpc) is 3.25. The number of benzene rings is 1. The molecule has 2 heterocycles. The maximum absolute atomic E-state index is 11.3. The minimum absolute atomic E-state index is 0.284. The number of ether oxygens (including phenoxy) is 3. The molecule has 1 aromatic rings. The highest BCUT2D eigenvalue weighted by Gasteiger charge is 2.48. The Balaban J connectivity index is 1.38. The minimum atomic E-state index is -0.284. The van der Waals surface area contributed by atoms with Gasteiger partial charge in [-0.2, -0.15) is 0 Å². The highest BCUT2D eigenvalue weighted by atomic mass is 16.5. The van der Waals surface area contributed by atoms with E-state index < -0.39 is 0 Å². The molecular formula is C20H29NO5. The second kappa shape index (κ2) is 9.35. The summed E-state index contributed by atoms with van der Waals surface area (Å²) in [6.45, 7) is 1.89. The molecule has 0 spiro atoms. The summed E-state index contributed by atoms with van der Waals surface area (Å²) in [6, 6.07) is 9.92. The number of hydrogen-bond acceptors (Lipinski definition) is 5.